The Morgan fingerprint density at radius 2 is 1.53 bits per heavy atom. The van der Waals surface area contributed by atoms with Gasteiger partial charge in [0, 0.05) is 36.2 Å². The number of amides is 1. The number of nitrogens with one attached hydrogen (secondary N) is 2. The van der Waals surface area contributed by atoms with Gasteiger partial charge in [-0.25, -0.2) is 0 Å². The number of rotatable bonds is 15. The SMILES string of the molecule is COc1ccc(CCC(=O)NCCCC(CCCC2CCc3cc(C(C)=O)ccc3NC2)(c2ccccc2)c2ccccc2)cc1.Cl. The van der Waals surface area contributed by atoms with Gasteiger partial charge in [-0.15, -0.1) is 12.4 Å². The number of ether oxygens (including phenoxy) is 1. The van der Waals surface area contributed by atoms with Crippen LogP contribution in [0.1, 0.15) is 84.5 Å². The monoisotopic (exact) mass is 652 g/mol. The fraction of sp³-hybridized carbons (Fsp3) is 0.366. The first-order valence-corrected chi connectivity index (χ1v) is 16.9. The maximum Gasteiger partial charge on any atom is 0.220 e. The Hall–Kier alpha value is -4.09. The Morgan fingerprint density at radius 3 is 2.17 bits per heavy atom. The molecule has 47 heavy (non-hydrogen) atoms. The summed E-state index contributed by atoms with van der Waals surface area (Å²) in [5.74, 6) is 1.62. The second kappa shape index (κ2) is 17.7. The molecule has 5 nitrogen and oxygen atoms in total. The van der Waals surface area contributed by atoms with E-state index in [0.29, 0.717) is 25.3 Å². The van der Waals surface area contributed by atoms with E-state index in [2.05, 4.69) is 83.4 Å². The van der Waals surface area contributed by atoms with E-state index in [-0.39, 0.29) is 29.5 Å². The Kier molecular flexibility index (Phi) is 13.5. The van der Waals surface area contributed by atoms with Gasteiger partial charge in [-0.05, 0) is 110 Å². The molecule has 0 saturated heterocycles. The Labute approximate surface area is 286 Å². The Morgan fingerprint density at radius 1 is 0.872 bits per heavy atom. The van der Waals surface area contributed by atoms with E-state index in [1.165, 1.54) is 22.4 Å². The number of Topliss-reactive ketones (excluding diaryl/α,β-unsaturated/α-hetero) is 1. The van der Waals surface area contributed by atoms with Crippen molar-refractivity contribution in [1.82, 2.24) is 5.32 Å². The van der Waals surface area contributed by atoms with Crippen molar-refractivity contribution in [2.45, 2.75) is 70.1 Å². The molecular weight excluding hydrogens is 604 g/mol. The van der Waals surface area contributed by atoms with Crippen molar-refractivity contribution in [3.8, 4) is 5.75 Å². The number of hydrogen-bond acceptors (Lipinski definition) is 4. The van der Waals surface area contributed by atoms with Gasteiger partial charge < -0.3 is 15.4 Å². The molecule has 1 heterocycles. The summed E-state index contributed by atoms with van der Waals surface area (Å²) >= 11 is 0. The van der Waals surface area contributed by atoms with Crippen LogP contribution in [-0.4, -0.2) is 31.9 Å². The van der Waals surface area contributed by atoms with Gasteiger partial charge in [0.05, 0.1) is 7.11 Å². The molecule has 1 amide bonds. The Balaban J connectivity index is 0.00000500. The van der Waals surface area contributed by atoms with Crippen LogP contribution in [-0.2, 0) is 23.1 Å². The molecule has 1 aliphatic heterocycles. The lowest BCUT2D eigenvalue weighted by Crippen LogP contribution is -2.31. The maximum absolute atomic E-state index is 12.8. The summed E-state index contributed by atoms with van der Waals surface area (Å²) in [5.41, 5.74) is 6.91. The summed E-state index contributed by atoms with van der Waals surface area (Å²) < 4.78 is 5.24. The number of methoxy groups -OCH3 is 1. The van der Waals surface area contributed by atoms with Crippen LogP contribution >= 0.6 is 12.4 Å². The largest absolute Gasteiger partial charge is 0.497 e. The van der Waals surface area contributed by atoms with Gasteiger partial charge in [0.2, 0.25) is 5.91 Å². The highest BCUT2D eigenvalue weighted by atomic mass is 35.5. The number of aryl methyl sites for hydroxylation is 2. The van der Waals surface area contributed by atoms with E-state index in [9.17, 15) is 9.59 Å². The number of halogens is 1. The van der Waals surface area contributed by atoms with Crippen molar-refractivity contribution in [3.05, 3.63) is 131 Å². The van der Waals surface area contributed by atoms with E-state index in [0.717, 1.165) is 68.4 Å². The second-order valence-electron chi connectivity index (χ2n) is 12.7. The molecule has 1 aliphatic rings. The van der Waals surface area contributed by atoms with Crippen molar-refractivity contribution in [2.24, 2.45) is 5.92 Å². The van der Waals surface area contributed by atoms with Gasteiger partial charge >= 0.3 is 0 Å². The molecule has 2 N–H and O–H groups in total. The van der Waals surface area contributed by atoms with E-state index >= 15 is 0 Å². The summed E-state index contributed by atoms with van der Waals surface area (Å²) in [7, 11) is 1.66. The summed E-state index contributed by atoms with van der Waals surface area (Å²) in [6.07, 6.45) is 8.46. The second-order valence-corrected chi connectivity index (χ2v) is 12.7. The number of benzene rings is 4. The number of ketones is 1. The zero-order valence-corrected chi connectivity index (χ0v) is 28.6. The quantitative estimate of drug-likeness (QED) is 0.0994. The van der Waals surface area contributed by atoms with E-state index in [1.54, 1.807) is 14.0 Å². The minimum Gasteiger partial charge on any atom is -0.497 e. The number of hydrogen-bond donors (Lipinski definition) is 2. The lowest BCUT2D eigenvalue weighted by Gasteiger charge is -2.36. The first-order valence-electron chi connectivity index (χ1n) is 16.9. The zero-order chi connectivity index (χ0) is 32.2. The van der Waals surface area contributed by atoms with Gasteiger partial charge in [0.1, 0.15) is 5.75 Å². The Bertz CT molecular complexity index is 1520. The first kappa shape index (κ1) is 35.8. The summed E-state index contributed by atoms with van der Waals surface area (Å²) in [6.45, 7) is 3.26. The average molecular weight is 653 g/mol. The topological polar surface area (TPSA) is 67.4 Å². The van der Waals surface area contributed by atoms with E-state index < -0.39 is 0 Å². The third-order valence-electron chi connectivity index (χ3n) is 9.69. The third kappa shape index (κ3) is 9.71. The van der Waals surface area contributed by atoms with E-state index in [1.807, 2.05) is 30.3 Å². The van der Waals surface area contributed by atoms with E-state index in [4.69, 9.17) is 4.74 Å². The lowest BCUT2D eigenvalue weighted by atomic mass is 9.68. The highest BCUT2D eigenvalue weighted by molar-refractivity contribution is 5.94. The number of fused-ring (bicyclic) bond motifs is 1. The van der Waals surface area contributed by atoms with Gasteiger partial charge in [0.15, 0.2) is 5.78 Å². The van der Waals surface area contributed by atoms with Crippen LogP contribution in [0, 0.1) is 5.92 Å². The van der Waals surface area contributed by atoms with Crippen molar-refractivity contribution in [3.63, 3.8) is 0 Å². The number of carbonyl (C=O) groups is 2. The van der Waals surface area contributed by atoms with Crippen molar-refractivity contribution >= 4 is 29.8 Å². The van der Waals surface area contributed by atoms with Gasteiger partial charge in [-0.1, -0.05) is 79.2 Å². The van der Waals surface area contributed by atoms with Crippen molar-refractivity contribution in [2.75, 3.05) is 25.5 Å². The van der Waals surface area contributed by atoms with Crippen molar-refractivity contribution < 1.29 is 14.3 Å². The molecule has 0 aromatic heterocycles. The van der Waals surface area contributed by atoms with Crippen LogP contribution in [0.5, 0.6) is 5.75 Å². The molecule has 4 aromatic rings. The fourth-order valence-corrected chi connectivity index (χ4v) is 6.99. The zero-order valence-electron chi connectivity index (χ0n) is 27.8. The van der Waals surface area contributed by atoms with Crippen LogP contribution in [0.4, 0.5) is 5.69 Å². The van der Waals surface area contributed by atoms with Gasteiger partial charge in [0.25, 0.3) is 0 Å². The molecule has 0 bridgehead atoms. The predicted octanol–water partition coefficient (Wildman–Crippen LogP) is 8.98. The summed E-state index contributed by atoms with van der Waals surface area (Å²) in [6, 6.07) is 35.9. The molecule has 0 fully saturated rings. The molecule has 0 saturated carbocycles. The molecule has 1 atom stereocenters. The smallest absolute Gasteiger partial charge is 0.220 e. The molecule has 6 heteroatoms. The van der Waals surface area contributed by atoms with Crippen LogP contribution in [0.3, 0.4) is 0 Å². The molecule has 4 aromatic carbocycles. The fourth-order valence-electron chi connectivity index (χ4n) is 6.99. The number of anilines is 1. The standard InChI is InChI=1S/C41H48N2O3.ClH/c1-31(44)34-21-24-39-35(29-34)20-16-33(30-43-39)11-9-26-41(36-12-5-3-6-13-36,37-14-7-4-8-15-37)27-10-28-42-40(45)25-19-32-17-22-38(46-2)23-18-32;/h3-8,12-15,17-18,21-24,29,33,43H,9-11,16,19-20,25-28,30H2,1-2H3,(H,42,45);1H. The molecule has 1 unspecified atom stereocenters. The minimum absolute atomic E-state index is 0. The lowest BCUT2D eigenvalue weighted by molar-refractivity contribution is -0.121. The van der Waals surface area contributed by atoms with Gasteiger partial charge in [-0.2, -0.15) is 0 Å². The normalized spacial score (nSPS) is 14.1. The molecule has 5 rings (SSSR count). The van der Waals surface area contributed by atoms with Gasteiger partial charge in [-0.3, -0.25) is 9.59 Å². The molecule has 0 spiro atoms. The summed E-state index contributed by atoms with van der Waals surface area (Å²) in [5, 5.41) is 6.87. The minimum atomic E-state index is -0.131. The molecular formula is C41H49ClN2O3. The summed E-state index contributed by atoms with van der Waals surface area (Å²) in [4.78, 5) is 24.7. The molecule has 248 valence electrons. The first-order chi connectivity index (χ1) is 22.5. The number of carbonyl (C=O) groups excluding carboxylic acids is 2. The highest BCUT2D eigenvalue weighted by Gasteiger charge is 2.33. The van der Waals surface area contributed by atoms with Crippen LogP contribution < -0.4 is 15.4 Å². The highest BCUT2D eigenvalue weighted by Crippen LogP contribution is 2.42. The molecule has 0 radical (unpaired) electrons. The third-order valence-corrected chi connectivity index (χ3v) is 9.69. The van der Waals surface area contributed by atoms with Crippen LogP contribution in [0.2, 0.25) is 0 Å². The molecule has 0 aliphatic carbocycles. The van der Waals surface area contributed by atoms with Crippen molar-refractivity contribution in [1.29, 1.82) is 0 Å². The maximum atomic E-state index is 12.8. The average Bonchev–Trinajstić information content (AvgIpc) is 3.31. The predicted molar refractivity (Wildman–Crippen MR) is 195 cm³/mol. The van der Waals surface area contributed by atoms with Crippen LogP contribution in [0.25, 0.3) is 0 Å². The van der Waals surface area contributed by atoms with Crippen LogP contribution in [0.15, 0.2) is 103 Å².